The SMILES string of the molecule is Cc1ccc(Oc2ccc(C3CNNC3)cc2C(=O)O)cc1. The smallest absolute Gasteiger partial charge is 0.339 e. The lowest BCUT2D eigenvalue weighted by molar-refractivity contribution is 0.0694. The number of benzene rings is 2. The van der Waals surface area contributed by atoms with Crippen LogP contribution in [0.2, 0.25) is 0 Å². The van der Waals surface area contributed by atoms with Crippen molar-refractivity contribution in [3.05, 3.63) is 59.2 Å². The van der Waals surface area contributed by atoms with E-state index in [9.17, 15) is 9.90 Å². The summed E-state index contributed by atoms with van der Waals surface area (Å²) in [6, 6.07) is 12.9. The maximum absolute atomic E-state index is 11.5. The number of carboxylic acids is 1. The summed E-state index contributed by atoms with van der Waals surface area (Å²) < 4.78 is 5.73. The number of nitrogens with one attached hydrogen (secondary N) is 2. The zero-order valence-corrected chi connectivity index (χ0v) is 12.3. The summed E-state index contributed by atoms with van der Waals surface area (Å²) >= 11 is 0. The fourth-order valence-electron chi connectivity index (χ4n) is 2.49. The van der Waals surface area contributed by atoms with E-state index in [1.807, 2.05) is 37.3 Å². The van der Waals surface area contributed by atoms with Crippen LogP contribution in [0.5, 0.6) is 11.5 Å². The van der Waals surface area contributed by atoms with Gasteiger partial charge in [-0.15, -0.1) is 0 Å². The summed E-state index contributed by atoms with van der Waals surface area (Å²) in [7, 11) is 0. The zero-order valence-electron chi connectivity index (χ0n) is 12.3. The van der Waals surface area contributed by atoms with Crippen LogP contribution in [0.3, 0.4) is 0 Å². The number of rotatable bonds is 4. The summed E-state index contributed by atoms with van der Waals surface area (Å²) in [5.41, 5.74) is 8.41. The van der Waals surface area contributed by atoms with Crippen LogP contribution in [0.15, 0.2) is 42.5 Å². The third-order valence-corrected chi connectivity index (χ3v) is 3.78. The van der Waals surface area contributed by atoms with E-state index in [4.69, 9.17) is 4.74 Å². The Kier molecular flexibility index (Phi) is 4.09. The van der Waals surface area contributed by atoms with Crippen molar-refractivity contribution in [2.45, 2.75) is 12.8 Å². The summed E-state index contributed by atoms with van der Waals surface area (Å²) in [6.07, 6.45) is 0. The third-order valence-electron chi connectivity index (χ3n) is 3.78. The van der Waals surface area contributed by atoms with Crippen molar-refractivity contribution < 1.29 is 14.6 Å². The Balaban J connectivity index is 1.89. The topological polar surface area (TPSA) is 70.6 Å². The van der Waals surface area contributed by atoms with Crippen LogP contribution in [0.25, 0.3) is 0 Å². The third kappa shape index (κ3) is 3.10. The molecule has 1 saturated heterocycles. The number of ether oxygens (including phenoxy) is 1. The number of aryl methyl sites for hydroxylation is 1. The molecule has 0 aliphatic carbocycles. The summed E-state index contributed by atoms with van der Waals surface area (Å²) in [5, 5.41) is 9.44. The first-order valence-corrected chi connectivity index (χ1v) is 7.21. The molecule has 0 bridgehead atoms. The first-order chi connectivity index (χ1) is 10.6. The monoisotopic (exact) mass is 298 g/mol. The van der Waals surface area contributed by atoms with E-state index in [2.05, 4.69) is 10.9 Å². The molecule has 0 radical (unpaired) electrons. The highest BCUT2D eigenvalue weighted by molar-refractivity contribution is 5.91. The maximum Gasteiger partial charge on any atom is 0.339 e. The maximum atomic E-state index is 11.5. The second kappa shape index (κ2) is 6.17. The van der Waals surface area contributed by atoms with Crippen molar-refractivity contribution in [1.82, 2.24) is 10.9 Å². The van der Waals surface area contributed by atoms with Gasteiger partial charge in [-0.3, -0.25) is 10.9 Å². The van der Waals surface area contributed by atoms with E-state index in [0.29, 0.717) is 11.5 Å². The molecule has 0 aromatic heterocycles. The molecule has 0 saturated carbocycles. The van der Waals surface area contributed by atoms with Crippen LogP contribution in [0, 0.1) is 6.92 Å². The molecule has 0 unspecified atom stereocenters. The van der Waals surface area contributed by atoms with Crippen LogP contribution in [-0.2, 0) is 0 Å². The van der Waals surface area contributed by atoms with E-state index >= 15 is 0 Å². The van der Waals surface area contributed by atoms with E-state index in [-0.39, 0.29) is 11.5 Å². The van der Waals surface area contributed by atoms with Crippen molar-refractivity contribution in [2.75, 3.05) is 13.1 Å². The predicted octanol–water partition coefficient (Wildman–Crippen LogP) is 2.68. The Bertz CT molecular complexity index is 677. The van der Waals surface area contributed by atoms with Gasteiger partial charge in [-0.1, -0.05) is 23.8 Å². The van der Waals surface area contributed by atoms with Crippen molar-refractivity contribution in [3.63, 3.8) is 0 Å². The van der Waals surface area contributed by atoms with Gasteiger partial charge in [0.1, 0.15) is 17.1 Å². The second-order valence-electron chi connectivity index (χ2n) is 5.43. The van der Waals surface area contributed by atoms with E-state index < -0.39 is 5.97 Å². The minimum absolute atomic E-state index is 0.185. The lowest BCUT2D eigenvalue weighted by Gasteiger charge is -2.13. The van der Waals surface area contributed by atoms with Crippen LogP contribution in [0.4, 0.5) is 0 Å². The first kappa shape index (κ1) is 14.6. The normalized spacial score (nSPS) is 15.0. The van der Waals surface area contributed by atoms with Crippen LogP contribution < -0.4 is 15.6 Å². The van der Waals surface area contributed by atoms with Crippen molar-refractivity contribution in [1.29, 1.82) is 0 Å². The molecule has 2 aromatic rings. The standard InChI is InChI=1S/C17H18N2O3/c1-11-2-5-14(6-3-11)22-16-7-4-12(8-15(16)17(20)21)13-9-18-19-10-13/h2-8,13,18-19H,9-10H2,1H3,(H,20,21). The Morgan fingerprint density at radius 1 is 1.14 bits per heavy atom. The Labute approximate surface area is 128 Å². The second-order valence-corrected chi connectivity index (χ2v) is 5.43. The molecule has 0 spiro atoms. The fourth-order valence-corrected chi connectivity index (χ4v) is 2.49. The zero-order chi connectivity index (χ0) is 15.5. The lowest BCUT2D eigenvalue weighted by atomic mass is 9.98. The molecule has 22 heavy (non-hydrogen) atoms. The van der Waals surface area contributed by atoms with Gasteiger partial charge in [0.25, 0.3) is 0 Å². The molecule has 0 atom stereocenters. The first-order valence-electron chi connectivity index (χ1n) is 7.21. The van der Waals surface area contributed by atoms with Gasteiger partial charge >= 0.3 is 5.97 Å². The van der Waals surface area contributed by atoms with Crippen molar-refractivity contribution in [3.8, 4) is 11.5 Å². The molecule has 2 aromatic carbocycles. The average Bonchev–Trinajstić information content (AvgIpc) is 3.04. The van der Waals surface area contributed by atoms with Gasteiger partial charge in [0.2, 0.25) is 0 Å². The number of carbonyl (C=O) groups is 1. The van der Waals surface area contributed by atoms with E-state index in [0.717, 1.165) is 24.2 Å². The highest BCUT2D eigenvalue weighted by Gasteiger charge is 2.20. The van der Waals surface area contributed by atoms with Gasteiger partial charge in [0.05, 0.1) is 0 Å². The predicted molar refractivity (Wildman–Crippen MR) is 83.4 cm³/mol. The van der Waals surface area contributed by atoms with Gasteiger partial charge in [0.15, 0.2) is 0 Å². The highest BCUT2D eigenvalue weighted by Crippen LogP contribution is 2.29. The Hall–Kier alpha value is -2.37. The molecular weight excluding hydrogens is 280 g/mol. The van der Waals surface area contributed by atoms with Crippen LogP contribution in [0.1, 0.15) is 27.4 Å². The van der Waals surface area contributed by atoms with Crippen molar-refractivity contribution in [2.24, 2.45) is 0 Å². The van der Waals surface area contributed by atoms with Gasteiger partial charge < -0.3 is 9.84 Å². The van der Waals surface area contributed by atoms with E-state index in [1.54, 1.807) is 12.1 Å². The molecule has 1 aliphatic heterocycles. The molecule has 3 N–H and O–H groups in total. The summed E-state index contributed by atoms with van der Waals surface area (Å²) in [5.74, 6) is 0.276. The van der Waals surface area contributed by atoms with Gasteiger partial charge in [-0.25, -0.2) is 4.79 Å². The molecule has 1 fully saturated rings. The minimum Gasteiger partial charge on any atom is -0.478 e. The lowest BCUT2D eigenvalue weighted by Crippen LogP contribution is -2.21. The molecule has 114 valence electrons. The van der Waals surface area contributed by atoms with Crippen LogP contribution >= 0.6 is 0 Å². The largest absolute Gasteiger partial charge is 0.478 e. The van der Waals surface area contributed by atoms with Crippen LogP contribution in [-0.4, -0.2) is 24.2 Å². The highest BCUT2D eigenvalue weighted by atomic mass is 16.5. The fraction of sp³-hybridized carbons (Fsp3) is 0.235. The Morgan fingerprint density at radius 2 is 1.82 bits per heavy atom. The Morgan fingerprint density at radius 3 is 2.45 bits per heavy atom. The number of hydrogen-bond acceptors (Lipinski definition) is 4. The van der Waals surface area contributed by atoms with E-state index in [1.165, 1.54) is 0 Å². The van der Waals surface area contributed by atoms with Crippen molar-refractivity contribution >= 4 is 5.97 Å². The molecule has 3 rings (SSSR count). The van der Waals surface area contributed by atoms with Gasteiger partial charge in [0, 0.05) is 19.0 Å². The van der Waals surface area contributed by atoms with Gasteiger partial charge in [-0.05, 0) is 36.8 Å². The summed E-state index contributed by atoms with van der Waals surface area (Å²) in [6.45, 7) is 3.57. The number of aromatic carboxylic acids is 1. The minimum atomic E-state index is -0.983. The molecular formula is C17H18N2O3. The number of hydrazine groups is 1. The molecule has 1 aliphatic rings. The molecule has 0 amide bonds. The van der Waals surface area contributed by atoms with Gasteiger partial charge in [-0.2, -0.15) is 0 Å². The quantitative estimate of drug-likeness (QED) is 0.809. The molecule has 5 nitrogen and oxygen atoms in total. The number of carboxylic acid groups (broad SMARTS) is 1. The molecule has 1 heterocycles. The summed E-state index contributed by atoms with van der Waals surface area (Å²) in [4.78, 5) is 11.5. The average molecular weight is 298 g/mol. The molecule has 5 heteroatoms. The number of hydrogen-bond donors (Lipinski definition) is 3.